The van der Waals surface area contributed by atoms with Gasteiger partial charge in [-0.25, -0.2) is 15.0 Å². The third kappa shape index (κ3) is 2.72. The topological polar surface area (TPSA) is 55.6 Å². The molecule has 102 valence electrons. The summed E-state index contributed by atoms with van der Waals surface area (Å²) in [4.78, 5) is 13.5. The first kappa shape index (κ1) is 14.2. The average molecular weight is 371 g/mol. The van der Waals surface area contributed by atoms with E-state index in [2.05, 4.69) is 68.2 Å². The Labute approximate surface area is 127 Å². The molecule has 2 heterocycles. The summed E-state index contributed by atoms with van der Waals surface area (Å²) in [5, 5.41) is 3.13. The van der Waals surface area contributed by atoms with Crippen LogP contribution in [0.2, 0.25) is 0 Å². The fourth-order valence-corrected chi connectivity index (χ4v) is 2.79. The smallest absolute Gasteiger partial charge is 0.180 e. The predicted octanol–water partition coefficient (Wildman–Crippen LogP) is 3.13. The predicted molar refractivity (Wildman–Crippen MR) is 85.3 cm³/mol. The molecule has 2 aromatic rings. The van der Waals surface area contributed by atoms with Crippen molar-refractivity contribution in [1.29, 1.82) is 0 Å². The van der Waals surface area contributed by atoms with Crippen molar-refractivity contribution in [3.63, 3.8) is 0 Å². The molecule has 0 aliphatic heterocycles. The number of hydrogen-bond donors (Lipinski definition) is 1. The van der Waals surface area contributed by atoms with E-state index in [4.69, 9.17) is 0 Å². The van der Waals surface area contributed by atoms with E-state index < -0.39 is 0 Å². The van der Waals surface area contributed by atoms with Gasteiger partial charge in [0.1, 0.15) is 11.5 Å². The Balaban J connectivity index is 2.59. The first-order valence-corrected chi connectivity index (χ1v) is 7.42. The molecule has 1 N–H and O–H groups in total. The fraction of sp³-hybridized carbons (Fsp3) is 0.462. The molecule has 0 bridgehead atoms. The fourth-order valence-electron chi connectivity index (χ4n) is 1.90. The van der Waals surface area contributed by atoms with E-state index >= 15 is 0 Å². The van der Waals surface area contributed by atoms with Crippen LogP contribution in [0.1, 0.15) is 32.5 Å². The third-order valence-electron chi connectivity index (χ3n) is 2.94. The van der Waals surface area contributed by atoms with E-state index in [9.17, 15) is 0 Å². The van der Waals surface area contributed by atoms with Gasteiger partial charge in [0.05, 0.1) is 21.8 Å². The van der Waals surface area contributed by atoms with Gasteiger partial charge in [-0.2, -0.15) is 0 Å². The zero-order valence-corrected chi connectivity index (χ0v) is 13.8. The average Bonchev–Trinajstić information content (AvgIpc) is 2.88. The molecule has 0 spiro atoms. The minimum atomic E-state index is 0.337. The molecule has 0 saturated carbocycles. The van der Waals surface area contributed by atoms with Gasteiger partial charge in [-0.3, -0.25) is 0 Å². The molecule has 0 aromatic carbocycles. The van der Waals surface area contributed by atoms with E-state index in [1.54, 1.807) is 0 Å². The van der Waals surface area contributed by atoms with Crippen LogP contribution in [-0.2, 0) is 6.42 Å². The van der Waals surface area contributed by atoms with Gasteiger partial charge in [0.15, 0.2) is 5.82 Å². The van der Waals surface area contributed by atoms with Crippen molar-refractivity contribution < 1.29 is 0 Å². The van der Waals surface area contributed by atoms with Crippen LogP contribution in [0.5, 0.6) is 0 Å². The molecule has 0 radical (unpaired) electrons. The molecule has 0 aliphatic carbocycles. The van der Waals surface area contributed by atoms with Gasteiger partial charge in [0.25, 0.3) is 0 Å². The molecular weight excluding hydrogens is 353 g/mol. The molecule has 0 saturated heterocycles. The monoisotopic (exact) mass is 371 g/mol. The van der Waals surface area contributed by atoms with E-state index in [1.807, 2.05) is 19.6 Å². The Morgan fingerprint density at radius 1 is 1.37 bits per heavy atom. The van der Waals surface area contributed by atoms with Gasteiger partial charge >= 0.3 is 0 Å². The Bertz CT molecular complexity index is 551. The van der Waals surface area contributed by atoms with E-state index in [-0.39, 0.29) is 0 Å². The van der Waals surface area contributed by atoms with Gasteiger partial charge in [-0.05, 0) is 42.9 Å². The molecule has 2 aromatic heterocycles. The molecule has 0 unspecified atom stereocenters. The van der Waals surface area contributed by atoms with Crippen molar-refractivity contribution in [2.24, 2.45) is 0 Å². The van der Waals surface area contributed by atoms with Crippen LogP contribution in [0.4, 0.5) is 5.82 Å². The molecule has 5 nitrogen and oxygen atoms in total. The quantitative estimate of drug-likeness (QED) is 0.840. The minimum absolute atomic E-state index is 0.337. The molecule has 6 heteroatoms. The first-order chi connectivity index (χ1) is 9.08. The summed E-state index contributed by atoms with van der Waals surface area (Å²) in [7, 11) is 1.88. The molecule has 19 heavy (non-hydrogen) atoms. The summed E-state index contributed by atoms with van der Waals surface area (Å²) < 4.78 is 3.17. The van der Waals surface area contributed by atoms with Crippen molar-refractivity contribution in [2.45, 2.75) is 33.2 Å². The van der Waals surface area contributed by atoms with Crippen LogP contribution in [0.15, 0.2) is 12.5 Å². The summed E-state index contributed by atoms with van der Waals surface area (Å²) in [6.07, 6.45) is 4.53. The number of anilines is 1. The Morgan fingerprint density at radius 3 is 2.68 bits per heavy atom. The van der Waals surface area contributed by atoms with Gasteiger partial charge in [0.2, 0.25) is 0 Å². The van der Waals surface area contributed by atoms with Crippen LogP contribution in [-0.4, -0.2) is 26.6 Å². The van der Waals surface area contributed by atoms with E-state index in [0.29, 0.717) is 6.04 Å². The van der Waals surface area contributed by atoms with Crippen LogP contribution in [0, 0.1) is 3.57 Å². The van der Waals surface area contributed by atoms with E-state index in [1.165, 1.54) is 0 Å². The zero-order chi connectivity index (χ0) is 14.0. The highest BCUT2D eigenvalue weighted by atomic mass is 127. The number of hydrogen-bond acceptors (Lipinski definition) is 4. The number of imidazole rings is 1. The summed E-state index contributed by atoms with van der Waals surface area (Å²) in [5.41, 5.74) is 2.02. The van der Waals surface area contributed by atoms with Gasteiger partial charge in [-0.15, -0.1) is 0 Å². The zero-order valence-electron chi connectivity index (χ0n) is 11.6. The number of nitrogens with one attached hydrogen (secondary N) is 1. The third-order valence-corrected chi connectivity index (χ3v) is 4.08. The lowest BCUT2D eigenvalue weighted by Gasteiger charge is -2.13. The van der Waals surface area contributed by atoms with Crippen LogP contribution in [0.3, 0.4) is 0 Å². The highest BCUT2D eigenvalue weighted by Gasteiger charge is 2.15. The van der Waals surface area contributed by atoms with Crippen LogP contribution < -0.4 is 5.32 Å². The van der Waals surface area contributed by atoms with E-state index in [0.717, 1.165) is 33.0 Å². The number of nitrogens with zero attached hydrogens (tertiary/aromatic N) is 4. The number of rotatable bonds is 4. The lowest BCUT2D eigenvalue weighted by atomic mass is 10.3. The maximum absolute atomic E-state index is 4.67. The van der Waals surface area contributed by atoms with Crippen LogP contribution >= 0.6 is 22.6 Å². The Morgan fingerprint density at radius 2 is 2.11 bits per heavy atom. The molecule has 0 fully saturated rings. The lowest BCUT2D eigenvalue weighted by Crippen LogP contribution is -2.08. The van der Waals surface area contributed by atoms with Crippen molar-refractivity contribution in [2.75, 3.05) is 12.4 Å². The lowest BCUT2D eigenvalue weighted by molar-refractivity contribution is 0.603. The summed E-state index contributed by atoms with van der Waals surface area (Å²) >= 11 is 2.29. The summed E-state index contributed by atoms with van der Waals surface area (Å²) in [6.45, 7) is 6.35. The van der Waals surface area contributed by atoms with Crippen LogP contribution in [0.25, 0.3) is 11.5 Å². The minimum Gasteiger partial charge on any atom is -0.372 e. The highest BCUT2D eigenvalue weighted by molar-refractivity contribution is 14.1. The first-order valence-electron chi connectivity index (χ1n) is 6.34. The Kier molecular flexibility index (Phi) is 4.38. The second-order valence-corrected chi connectivity index (χ2v) is 5.62. The standard InChI is InChI=1S/C13H18IN5/c1-5-9-11(14)13(15-4)18-12(17-9)10-6-16-7-19(10)8(2)3/h6-8H,5H2,1-4H3,(H,15,17,18). The summed E-state index contributed by atoms with van der Waals surface area (Å²) in [5.74, 6) is 1.60. The van der Waals surface area contributed by atoms with Crippen molar-refractivity contribution in [3.8, 4) is 11.5 Å². The largest absolute Gasteiger partial charge is 0.372 e. The molecule has 2 rings (SSSR count). The molecular formula is C13H18IN5. The highest BCUT2D eigenvalue weighted by Crippen LogP contribution is 2.25. The maximum Gasteiger partial charge on any atom is 0.180 e. The van der Waals surface area contributed by atoms with Crippen molar-refractivity contribution in [3.05, 3.63) is 21.8 Å². The second kappa shape index (κ2) is 5.85. The van der Waals surface area contributed by atoms with Gasteiger partial charge in [0, 0.05) is 13.1 Å². The number of halogens is 1. The normalized spacial score (nSPS) is 11.1. The molecule has 0 atom stereocenters. The van der Waals surface area contributed by atoms with Crippen molar-refractivity contribution in [1.82, 2.24) is 19.5 Å². The van der Waals surface area contributed by atoms with Gasteiger partial charge < -0.3 is 9.88 Å². The second-order valence-electron chi connectivity index (χ2n) is 4.54. The van der Waals surface area contributed by atoms with Crippen molar-refractivity contribution >= 4 is 28.4 Å². The number of aryl methyl sites for hydroxylation is 1. The summed E-state index contributed by atoms with van der Waals surface area (Å²) in [6, 6.07) is 0.337. The SMILES string of the molecule is CCc1nc(-c2cncn2C(C)C)nc(NC)c1I. The Hall–Kier alpha value is -1.18. The molecule has 0 aliphatic rings. The number of aromatic nitrogens is 4. The molecule has 0 amide bonds. The van der Waals surface area contributed by atoms with Gasteiger partial charge in [-0.1, -0.05) is 6.92 Å². The maximum atomic E-state index is 4.67.